The Balaban J connectivity index is 1.91. The molecule has 1 aliphatic heterocycles. The van der Waals surface area contributed by atoms with Crippen LogP contribution in [-0.4, -0.2) is 35.6 Å². The number of aliphatic hydroxyl groups is 1. The smallest absolute Gasteiger partial charge is 0.275 e. The summed E-state index contributed by atoms with van der Waals surface area (Å²) in [5, 5.41) is 9.07. The second kappa shape index (κ2) is 5.59. The molecular weight excluding hydrogens is 238 g/mol. The van der Waals surface area contributed by atoms with Crippen LogP contribution in [0.5, 0.6) is 0 Å². The van der Waals surface area contributed by atoms with Gasteiger partial charge in [-0.1, -0.05) is 0 Å². The van der Waals surface area contributed by atoms with E-state index in [1.54, 1.807) is 6.07 Å². The lowest BCUT2D eigenvalue weighted by Gasteiger charge is -2.13. The maximum atomic E-state index is 11.3. The lowest BCUT2D eigenvalue weighted by atomic mass is 10.1. The number of rotatable bonds is 4. The third kappa shape index (κ3) is 3.04. The molecule has 6 heteroatoms. The van der Waals surface area contributed by atoms with Crippen molar-refractivity contribution >= 4 is 17.2 Å². The number of nitrogen functional groups attached to an aromatic ring is 1. The molecule has 0 radical (unpaired) electrons. The average molecular weight is 255 g/mol. The molecule has 1 amide bonds. The maximum Gasteiger partial charge on any atom is 0.275 e. The monoisotopic (exact) mass is 255 g/mol. The van der Waals surface area contributed by atoms with Gasteiger partial charge in [0.2, 0.25) is 0 Å². The van der Waals surface area contributed by atoms with E-state index in [1.807, 2.05) is 6.07 Å². The average Bonchev–Trinajstić information content (AvgIpc) is 2.97. The summed E-state index contributed by atoms with van der Waals surface area (Å²) in [6, 6.07) is 3.75. The predicted octanol–water partition coefficient (Wildman–Crippen LogP) is 0.166. The van der Waals surface area contributed by atoms with Gasteiger partial charge in [0.1, 0.15) is 0 Å². The Labute approximate surface area is 104 Å². The molecular formula is C11H17N3O2S. The van der Waals surface area contributed by atoms with E-state index < -0.39 is 0 Å². The molecule has 1 saturated heterocycles. The number of nitrogens with one attached hydrogen (secondary N) is 1. The summed E-state index contributed by atoms with van der Waals surface area (Å²) in [5.74, 6) is 5.25. The lowest BCUT2D eigenvalue weighted by Crippen LogP contribution is -2.29. The zero-order chi connectivity index (χ0) is 12.3. The summed E-state index contributed by atoms with van der Waals surface area (Å²) in [5.41, 5.74) is 2.13. The van der Waals surface area contributed by atoms with E-state index in [2.05, 4.69) is 10.3 Å². The van der Waals surface area contributed by atoms with Gasteiger partial charge in [-0.15, -0.1) is 11.3 Å². The van der Waals surface area contributed by atoms with Crippen molar-refractivity contribution in [3.05, 3.63) is 21.9 Å². The quantitative estimate of drug-likeness (QED) is 0.407. The SMILES string of the molecule is NNC(=O)c1ccc(CN2CCC(CO)C2)s1. The van der Waals surface area contributed by atoms with Crippen molar-refractivity contribution in [3.8, 4) is 0 Å². The summed E-state index contributed by atoms with van der Waals surface area (Å²) in [6.45, 7) is 3.06. The molecule has 1 fully saturated rings. The number of nitrogens with zero attached hydrogens (tertiary/aromatic N) is 1. The Morgan fingerprint density at radius 2 is 2.47 bits per heavy atom. The molecule has 0 saturated carbocycles. The van der Waals surface area contributed by atoms with Crippen molar-refractivity contribution < 1.29 is 9.90 Å². The van der Waals surface area contributed by atoms with Crippen LogP contribution in [0, 0.1) is 5.92 Å². The fraction of sp³-hybridized carbons (Fsp3) is 0.545. The number of hydrogen-bond acceptors (Lipinski definition) is 5. The summed E-state index contributed by atoms with van der Waals surface area (Å²) in [4.78, 5) is 15.4. The summed E-state index contributed by atoms with van der Waals surface area (Å²) in [7, 11) is 0. The molecule has 0 aliphatic carbocycles. The molecule has 2 rings (SSSR count). The molecule has 1 unspecified atom stereocenters. The molecule has 5 nitrogen and oxygen atoms in total. The molecule has 1 atom stereocenters. The van der Waals surface area contributed by atoms with E-state index in [1.165, 1.54) is 11.3 Å². The van der Waals surface area contributed by atoms with Crippen molar-refractivity contribution in [3.63, 3.8) is 0 Å². The molecule has 0 aromatic carbocycles. The van der Waals surface area contributed by atoms with E-state index in [9.17, 15) is 4.79 Å². The minimum atomic E-state index is -0.240. The molecule has 0 bridgehead atoms. The summed E-state index contributed by atoms with van der Waals surface area (Å²) in [6.07, 6.45) is 1.05. The van der Waals surface area contributed by atoms with Gasteiger partial charge in [-0.3, -0.25) is 15.1 Å². The number of carbonyl (C=O) groups is 1. The van der Waals surface area contributed by atoms with Gasteiger partial charge < -0.3 is 5.11 Å². The van der Waals surface area contributed by atoms with Crippen LogP contribution in [0.3, 0.4) is 0 Å². The minimum Gasteiger partial charge on any atom is -0.396 e. The highest BCUT2D eigenvalue weighted by Crippen LogP contribution is 2.22. The van der Waals surface area contributed by atoms with E-state index in [4.69, 9.17) is 10.9 Å². The second-order valence-electron chi connectivity index (χ2n) is 4.31. The Morgan fingerprint density at radius 3 is 3.12 bits per heavy atom. The van der Waals surface area contributed by atoms with Gasteiger partial charge in [0.15, 0.2) is 0 Å². The molecule has 17 heavy (non-hydrogen) atoms. The van der Waals surface area contributed by atoms with Crippen molar-refractivity contribution in [2.24, 2.45) is 11.8 Å². The lowest BCUT2D eigenvalue weighted by molar-refractivity contribution is 0.0957. The minimum absolute atomic E-state index is 0.240. The van der Waals surface area contributed by atoms with Gasteiger partial charge in [-0.05, 0) is 31.0 Å². The standard InChI is InChI=1S/C11H17N3O2S/c12-13-11(16)10-2-1-9(17-10)6-14-4-3-8(5-14)7-15/h1-2,8,15H,3-7,12H2,(H,13,16). The molecule has 0 spiro atoms. The Morgan fingerprint density at radius 1 is 1.65 bits per heavy atom. The van der Waals surface area contributed by atoms with Gasteiger partial charge in [-0.2, -0.15) is 0 Å². The first kappa shape index (κ1) is 12.5. The molecule has 94 valence electrons. The number of hydrogen-bond donors (Lipinski definition) is 3. The first-order valence-corrected chi connectivity index (χ1v) is 6.47. The van der Waals surface area contributed by atoms with Crippen molar-refractivity contribution in [1.29, 1.82) is 0 Å². The maximum absolute atomic E-state index is 11.3. The highest BCUT2D eigenvalue weighted by molar-refractivity contribution is 7.14. The number of aliphatic hydroxyl groups excluding tert-OH is 1. The molecule has 2 heterocycles. The number of amides is 1. The molecule has 4 N–H and O–H groups in total. The third-order valence-corrected chi connectivity index (χ3v) is 4.09. The van der Waals surface area contributed by atoms with Crippen LogP contribution in [0.15, 0.2) is 12.1 Å². The van der Waals surface area contributed by atoms with Crippen LogP contribution in [0.2, 0.25) is 0 Å². The van der Waals surface area contributed by atoms with E-state index >= 15 is 0 Å². The van der Waals surface area contributed by atoms with Crippen LogP contribution in [0.25, 0.3) is 0 Å². The van der Waals surface area contributed by atoms with Crippen LogP contribution < -0.4 is 11.3 Å². The topological polar surface area (TPSA) is 78.6 Å². The van der Waals surface area contributed by atoms with Gasteiger partial charge in [0, 0.05) is 24.6 Å². The van der Waals surface area contributed by atoms with Crippen LogP contribution in [0.4, 0.5) is 0 Å². The van der Waals surface area contributed by atoms with Crippen LogP contribution >= 0.6 is 11.3 Å². The first-order valence-electron chi connectivity index (χ1n) is 5.65. The number of hydrazine groups is 1. The fourth-order valence-corrected chi connectivity index (χ4v) is 3.04. The zero-order valence-corrected chi connectivity index (χ0v) is 10.4. The Hall–Kier alpha value is -0.950. The Bertz CT molecular complexity index is 394. The van der Waals surface area contributed by atoms with E-state index in [0.29, 0.717) is 10.8 Å². The highest BCUT2D eigenvalue weighted by Gasteiger charge is 2.22. The molecule has 1 aromatic rings. The third-order valence-electron chi connectivity index (χ3n) is 3.02. The number of carbonyl (C=O) groups excluding carboxylic acids is 1. The van der Waals surface area contributed by atoms with Gasteiger partial charge in [-0.25, -0.2) is 5.84 Å². The highest BCUT2D eigenvalue weighted by atomic mass is 32.1. The van der Waals surface area contributed by atoms with Crippen molar-refractivity contribution in [2.75, 3.05) is 19.7 Å². The van der Waals surface area contributed by atoms with Gasteiger partial charge in [0.05, 0.1) is 4.88 Å². The second-order valence-corrected chi connectivity index (χ2v) is 5.48. The molecule has 1 aliphatic rings. The number of likely N-dealkylation sites (tertiary alicyclic amines) is 1. The summed E-state index contributed by atoms with van der Waals surface area (Å²) < 4.78 is 0. The van der Waals surface area contributed by atoms with E-state index in [0.717, 1.165) is 30.9 Å². The largest absolute Gasteiger partial charge is 0.396 e. The van der Waals surface area contributed by atoms with Gasteiger partial charge >= 0.3 is 0 Å². The Kier molecular flexibility index (Phi) is 4.11. The fourth-order valence-electron chi connectivity index (χ4n) is 2.08. The normalized spacial score (nSPS) is 20.7. The van der Waals surface area contributed by atoms with Crippen LogP contribution in [0.1, 0.15) is 21.0 Å². The van der Waals surface area contributed by atoms with E-state index in [-0.39, 0.29) is 12.5 Å². The number of thiophene rings is 1. The molecule has 1 aromatic heterocycles. The van der Waals surface area contributed by atoms with Crippen LogP contribution in [-0.2, 0) is 6.54 Å². The number of nitrogens with two attached hydrogens (primary N) is 1. The first-order chi connectivity index (χ1) is 8.22. The van der Waals surface area contributed by atoms with Crippen molar-refractivity contribution in [1.82, 2.24) is 10.3 Å². The van der Waals surface area contributed by atoms with Gasteiger partial charge in [0.25, 0.3) is 5.91 Å². The zero-order valence-electron chi connectivity index (χ0n) is 9.56. The van der Waals surface area contributed by atoms with Crippen molar-refractivity contribution in [2.45, 2.75) is 13.0 Å². The summed E-state index contributed by atoms with van der Waals surface area (Å²) >= 11 is 1.47. The predicted molar refractivity (Wildman–Crippen MR) is 66.4 cm³/mol.